The monoisotopic (exact) mass is 759 g/mol. The second-order valence-corrected chi connectivity index (χ2v) is 21.9. The molecular weight excluding hydrogens is 713 g/mol. The first-order chi connectivity index (χ1) is 25.4. The zero-order chi connectivity index (χ0) is 36.9. The predicted molar refractivity (Wildman–Crippen MR) is 203 cm³/mol. The van der Waals surface area contributed by atoms with Gasteiger partial charge in [0.05, 0.1) is 24.8 Å². The lowest BCUT2D eigenvalue weighted by molar-refractivity contribution is -0.0712. The van der Waals surface area contributed by atoms with Crippen molar-refractivity contribution < 1.29 is 23.3 Å². The van der Waals surface area contributed by atoms with Crippen LogP contribution in [0, 0.1) is 12.7 Å². The Balaban J connectivity index is 0.980. The van der Waals surface area contributed by atoms with Crippen LogP contribution in [0.2, 0.25) is 30.7 Å². The molecule has 2 aromatic carbocycles. The van der Waals surface area contributed by atoms with E-state index in [0.717, 1.165) is 97.9 Å². The van der Waals surface area contributed by atoms with Crippen molar-refractivity contribution in [2.45, 2.75) is 96.4 Å². The van der Waals surface area contributed by atoms with Crippen molar-refractivity contribution >= 4 is 30.8 Å². The maximum Gasteiger partial charge on any atom is 0.278 e. The molecule has 2 atom stereocenters. The number of para-hydroxylation sites is 1. The van der Waals surface area contributed by atoms with Crippen molar-refractivity contribution in [3.8, 4) is 22.9 Å². The average Bonchev–Trinajstić information content (AvgIpc) is 3.76. The van der Waals surface area contributed by atoms with Crippen LogP contribution >= 0.6 is 11.6 Å². The summed E-state index contributed by atoms with van der Waals surface area (Å²) in [6.07, 6.45) is 4.94. The van der Waals surface area contributed by atoms with Gasteiger partial charge in [0.15, 0.2) is 23.0 Å². The number of imidazole rings is 1. The molecule has 0 amide bonds. The summed E-state index contributed by atoms with van der Waals surface area (Å²) in [4.78, 5) is 12.6. The van der Waals surface area contributed by atoms with E-state index in [9.17, 15) is 4.39 Å². The minimum atomic E-state index is -1.28. The first kappa shape index (κ1) is 36.1. The lowest BCUT2D eigenvalue weighted by Gasteiger charge is -2.33. The number of nitrogens with zero attached hydrogens (tertiary/aromatic N) is 7. The molecule has 2 saturated heterocycles. The second-order valence-electron chi connectivity index (χ2n) is 15.8. The third-order valence-electron chi connectivity index (χ3n) is 10.7. The quantitative estimate of drug-likeness (QED) is 0.0928. The van der Waals surface area contributed by atoms with Crippen LogP contribution in [0.1, 0.15) is 54.9 Å². The standard InChI is InChI=1S/C39H47ClFN7O4Si/c1-25-44-45-37(48(25)24-49-17-18-53(3,4)5)27-19-33-38(42-21-27)47(22-29-13-16-50-29)35(43-33)23-46-14-11-26(12-15-46)30-7-6-8-34-36(30)52-39(2,51-34)31-10-9-28(40)20-32(31)41/h6-10,19-21,26,29H,11-18,22-24H2,1-5H3. The van der Waals surface area contributed by atoms with Gasteiger partial charge in [0.2, 0.25) is 0 Å². The number of hydrogen-bond donors (Lipinski definition) is 0. The first-order valence-corrected chi connectivity index (χ1v) is 22.7. The van der Waals surface area contributed by atoms with Crippen molar-refractivity contribution in [1.29, 1.82) is 0 Å². The lowest BCUT2D eigenvalue weighted by Crippen LogP contribution is -2.35. The zero-order valence-corrected chi connectivity index (χ0v) is 32.8. The highest BCUT2D eigenvalue weighted by molar-refractivity contribution is 6.76. The number of rotatable bonds is 12. The maximum absolute atomic E-state index is 15.0. The maximum atomic E-state index is 15.0. The molecule has 3 aliphatic rings. The Bertz CT molecular complexity index is 2120. The predicted octanol–water partition coefficient (Wildman–Crippen LogP) is 7.92. The van der Waals surface area contributed by atoms with Crippen LogP contribution in [0.25, 0.3) is 22.6 Å². The molecule has 0 spiro atoms. The molecule has 2 fully saturated rings. The first-order valence-electron chi connectivity index (χ1n) is 18.6. The summed E-state index contributed by atoms with van der Waals surface area (Å²) in [6, 6.07) is 13.7. The number of halogens is 2. The molecule has 8 rings (SSSR count). The Morgan fingerprint density at radius 3 is 2.58 bits per heavy atom. The highest BCUT2D eigenvalue weighted by Gasteiger charge is 2.43. The van der Waals surface area contributed by atoms with Crippen molar-refractivity contribution in [2.75, 3.05) is 26.3 Å². The number of ether oxygens (including phenoxy) is 4. The Morgan fingerprint density at radius 1 is 1.04 bits per heavy atom. The van der Waals surface area contributed by atoms with Crippen LogP contribution in [0.4, 0.5) is 4.39 Å². The second kappa shape index (κ2) is 14.4. The van der Waals surface area contributed by atoms with Crippen LogP contribution in [-0.2, 0) is 35.1 Å². The van der Waals surface area contributed by atoms with Gasteiger partial charge in [-0.05, 0) is 81.6 Å². The van der Waals surface area contributed by atoms with Crippen molar-refractivity contribution in [3.63, 3.8) is 0 Å². The van der Waals surface area contributed by atoms with Gasteiger partial charge in [-0.25, -0.2) is 14.4 Å². The average molecular weight is 760 g/mol. The molecule has 0 saturated carbocycles. The molecule has 53 heavy (non-hydrogen) atoms. The summed E-state index contributed by atoms with van der Waals surface area (Å²) in [7, 11) is -1.19. The molecule has 14 heteroatoms. The third-order valence-corrected chi connectivity index (χ3v) is 12.6. The fourth-order valence-electron chi connectivity index (χ4n) is 7.45. The van der Waals surface area contributed by atoms with E-state index in [1.54, 1.807) is 19.1 Å². The molecule has 3 aromatic heterocycles. The molecule has 0 aliphatic carbocycles. The SMILES string of the molecule is Cc1nnc(-c2cnc3c(c2)nc(CN2CCC(c4cccc5c4OC(C)(c4ccc(Cl)cc4F)O5)CC2)n3CC2CCO2)n1COCC[Si](C)(C)C. The highest BCUT2D eigenvalue weighted by Crippen LogP contribution is 2.50. The van der Waals surface area contributed by atoms with Gasteiger partial charge in [-0.2, -0.15) is 0 Å². The lowest BCUT2D eigenvalue weighted by atomic mass is 9.88. The molecule has 6 heterocycles. The minimum Gasteiger partial charge on any atom is -0.444 e. The van der Waals surface area contributed by atoms with Crippen LogP contribution in [0.5, 0.6) is 11.5 Å². The van der Waals surface area contributed by atoms with Gasteiger partial charge in [-0.1, -0.05) is 43.4 Å². The van der Waals surface area contributed by atoms with E-state index in [4.69, 9.17) is 40.5 Å². The molecule has 0 N–H and O–H groups in total. The minimum absolute atomic E-state index is 0.159. The van der Waals surface area contributed by atoms with Crippen LogP contribution in [0.3, 0.4) is 0 Å². The number of pyridine rings is 1. The van der Waals surface area contributed by atoms with E-state index in [-0.39, 0.29) is 12.0 Å². The Hall–Kier alpha value is -3.88. The van der Waals surface area contributed by atoms with E-state index in [2.05, 4.69) is 51.4 Å². The molecule has 3 aliphatic heterocycles. The molecular formula is C39H47ClFN7O4Si. The Morgan fingerprint density at radius 2 is 1.85 bits per heavy atom. The van der Waals surface area contributed by atoms with Gasteiger partial charge in [-0.3, -0.25) is 9.47 Å². The Labute approximate surface area is 315 Å². The van der Waals surface area contributed by atoms with E-state index in [0.29, 0.717) is 35.4 Å². The van der Waals surface area contributed by atoms with Gasteiger partial charge in [0.25, 0.3) is 5.79 Å². The summed E-state index contributed by atoms with van der Waals surface area (Å²) in [5, 5.41) is 9.19. The number of benzene rings is 2. The highest BCUT2D eigenvalue weighted by atomic mass is 35.5. The number of likely N-dealkylation sites (tertiary alicyclic amines) is 1. The van der Waals surface area contributed by atoms with Crippen molar-refractivity contribution in [3.05, 3.63) is 82.3 Å². The largest absolute Gasteiger partial charge is 0.444 e. The summed E-state index contributed by atoms with van der Waals surface area (Å²) >= 11 is 6.02. The van der Waals surface area contributed by atoms with E-state index in [1.807, 2.05) is 29.8 Å². The summed E-state index contributed by atoms with van der Waals surface area (Å²) in [6.45, 7) is 15.9. The fourth-order valence-corrected chi connectivity index (χ4v) is 8.36. The summed E-state index contributed by atoms with van der Waals surface area (Å²) < 4.78 is 43.8. The molecule has 280 valence electrons. The topological polar surface area (TPSA) is 102 Å². The Kier molecular flexibility index (Phi) is 9.81. The van der Waals surface area contributed by atoms with Gasteiger partial charge in [-0.15, -0.1) is 10.2 Å². The normalized spacial score (nSPS) is 20.7. The van der Waals surface area contributed by atoms with Gasteiger partial charge in [0, 0.05) is 50.6 Å². The smallest absolute Gasteiger partial charge is 0.278 e. The van der Waals surface area contributed by atoms with E-state index < -0.39 is 19.7 Å². The molecule has 2 unspecified atom stereocenters. The molecule has 5 aromatic rings. The van der Waals surface area contributed by atoms with E-state index >= 15 is 0 Å². The van der Waals surface area contributed by atoms with Gasteiger partial charge < -0.3 is 23.5 Å². The zero-order valence-electron chi connectivity index (χ0n) is 31.1. The number of piperidine rings is 1. The molecule has 0 radical (unpaired) electrons. The van der Waals surface area contributed by atoms with Crippen LogP contribution in [-0.4, -0.2) is 74.7 Å². The number of fused-ring (bicyclic) bond motifs is 2. The van der Waals surface area contributed by atoms with Crippen molar-refractivity contribution in [1.82, 2.24) is 34.2 Å². The van der Waals surface area contributed by atoms with Gasteiger partial charge in [0.1, 0.15) is 29.7 Å². The van der Waals surface area contributed by atoms with Crippen molar-refractivity contribution in [2.24, 2.45) is 0 Å². The number of aromatic nitrogens is 6. The number of hydrogen-bond acceptors (Lipinski definition) is 9. The summed E-state index contributed by atoms with van der Waals surface area (Å²) in [5.41, 5.74) is 3.95. The summed E-state index contributed by atoms with van der Waals surface area (Å²) in [5.74, 6) is 2.36. The van der Waals surface area contributed by atoms with Gasteiger partial charge >= 0.3 is 0 Å². The van der Waals surface area contributed by atoms with Crippen LogP contribution in [0.15, 0.2) is 48.7 Å². The van der Waals surface area contributed by atoms with Crippen LogP contribution < -0.4 is 9.47 Å². The third kappa shape index (κ3) is 7.46. The van der Waals surface area contributed by atoms with E-state index in [1.165, 1.54) is 6.07 Å². The number of aryl methyl sites for hydroxylation is 1. The molecule has 0 bridgehead atoms. The molecule has 11 nitrogen and oxygen atoms in total. The fraction of sp³-hybridized carbons (Fsp3) is 0.487.